The monoisotopic (exact) mass is 295 g/mol. The molecule has 0 spiro atoms. The number of carbonyl (C=O) groups is 2. The van der Waals surface area contributed by atoms with Crippen LogP contribution in [0.15, 0.2) is 24.1 Å². The zero-order chi connectivity index (χ0) is 14.4. The SMILES string of the molecule is O=C(NCc1nccs1)N[C@@H](Cc1cnc[nH]1)C(=O)O. The molecule has 0 aliphatic carbocycles. The van der Waals surface area contributed by atoms with Crippen LogP contribution in [0.2, 0.25) is 0 Å². The fourth-order valence-corrected chi connectivity index (χ4v) is 2.08. The van der Waals surface area contributed by atoms with Crippen LogP contribution in [0, 0.1) is 0 Å². The molecule has 0 fully saturated rings. The predicted molar refractivity (Wildman–Crippen MR) is 71.2 cm³/mol. The highest BCUT2D eigenvalue weighted by atomic mass is 32.1. The number of carboxylic acids is 1. The van der Waals surface area contributed by atoms with E-state index in [1.54, 1.807) is 11.6 Å². The van der Waals surface area contributed by atoms with Gasteiger partial charge in [0.2, 0.25) is 0 Å². The Kier molecular flexibility index (Phi) is 4.66. The molecule has 0 saturated heterocycles. The summed E-state index contributed by atoms with van der Waals surface area (Å²) in [7, 11) is 0. The van der Waals surface area contributed by atoms with Gasteiger partial charge in [0.25, 0.3) is 0 Å². The highest BCUT2D eigenvalue weighted by Crippen LogP contribution is 2.03. The highest BCUT2D eigenvalue weighted by Gasteiger charge is 2.20. The molecular weight excluding hydrogens is 282 g/mol. The molecule has 0 unspecified atom stereocenters. The molecule has 0 aliphatic heterocycles. The Hall–Kier alpha value is -2.42. The normalized spacial score (nSPS) is 11.8. The molecule has 4 N–H and O–H groups in total. The number of rotatable bonds is 6. The van der Waals surface area contributed by atoms with Crippen molar-refractivity contribution in [2.75, 3.05) is 0 Å². The molecule has 8 nitrogen and oxygen atoms in total. The zero-order valence-corrected chi connectivity index (χ0v) is 11.2. The largest absolute Gasteiger partial charge is 0.480 e. The minimum Gasteiger partial charge on any atom is -0.480 e. The summed E-state index contributed by atoms with van der Waals surface area (Å²) in [6.45, 7) is 0.264. The lowest BCUT2D eigenvalue weighted by Crippen LogP contribution is -2.46. The first-order chi connectivity index (χ1) is 9.65. The lowest BCUT2D eigenvalue weighted by Gasteiger charge is -2.13. The number of thiazole rings is 1. The van der Waals surface area contributed by atoms with Crippen LogP contribution >= 0.6 is 11.3 Å². The average molecular weight is 295 g/mol. The first kappa shape index (κ1) is 14.0. The number of nitrogens with zero attached hydrogens (tertiary/aromatic N) is 2. The van der Waals surface area contributed by atoms with E-state index in [0.717, 1.165) is 5.01 Å². The van der Waals surface area contributed by atoms with Crippen LogP contribution in [-0.2, 0) is 17.8 Å². The van der Waals surface area contributed by atoms with Crippen molar-refractivity contribution in [2.45, 2.75) is 19.0 Å². The van der Waals surface area contributed by atoms with Crippen molar-refractivity contribution < 1.29 is 14.7 Å². The van der Waals surface area contributed by atoms with E-state index in [-0.39, 0.29) is 13.0 Å². The third kappa shape index (κ3) is 4.05. The van der Waals surface area contributed by atoms with Gasteiger partial charge in [-0.3, -0.25) is 0 Å². The molecule has 1 atom stereocenters. The maximum atomic E-state index is 11.6. The number of urea groups is 1. The van der Waals surface area contributed by atoms with Gasteiger partial charge in [0.05, 0.1) is 12.9 Å². The van der Waals surface area contributed by atoms with E-state index < -0.39 is 18.0 Å². The van der Waals surface area contributed by atoms with Gasteiger partial charge < -0.3 is 20.7 Å². The summed E-state index contributed by atoms with van der Waals surface area (Å²) in [5, 5.41) is 16.6. The predicted octanol–water partition coefficient (Wildman–Crippen LogP) is 0.361. The molecule has 106 valence electrons. The molecule has 0 aromatic carbocycles. The van der Waals surface area contributed by atoms with Gasteiger partial charge in [-0.1, -0.05) is 0 Å². The van der Waals surface area contributed by atoms with Crippen LogP contribution in [0.1, 0.15) is 10.7 Å². The number of hydrogen-bond donors (Lipinski definition) is 4. The van der Waals surface area contributed by atoms with Gasteiger partial charge in [-0.25, -0.2) is 19.6 Å². The Morgan fingerprint density at radius 1 is 1.50 bits per heavy atom. The van der Waals surface area contributed by atoms with E-state index in [1.807, 2.05) is 0 Å². The second-order valence-electron chi connectivity index (χ2n) is 3.92. The molecule has 2 amide bonds. The molecule has 2 aromatic rings. The van der Waals surface area contributed by atoms with Gasteiger partial charge in [0.15, 0.2) is 0 Å². The average Bonchev–Trinajstić information content (AvgIpc) is 3.08. The van der Waals surface area contributed by atoms with Crippen molar-refractivity contribution in [1.29, 1.82) is 0 Å². The van der Waals surface area contributed by atoms with Crippen molar-refractivity contribution in [2.24, 2.45) is 0 Å². The van der Waals surface area contributed by atoms with Crippen LogP contribution in [0.5, 0.6) is 0 Å². The summed E-state index contributed by atoms with van der Waals surface area (Å²) in [4.78, 5) is 33.4. The molecule has 20 heavy (non-hydrogen) atoms. The topological polar surface area (TPSA) is 120 Å². The molecule has 0 saturated carbocycles. The summed E-state index contributed by atoms with van der Waals surface area (Å²) < 4.78 is 0. The Balaban J connectivity index is 1.84. The van der Waals surface area contributed by atoms with Crippen LogP contribution in [-0.4, -0.2) is 38.1 Å². The van der Waals surface area contributed by atoms with E-state index in [1.165, 1.54) is 23.9 Å². The van der Waals surface area contributed by atoms with Gasteiger partial charge in [-0.05, 0) is 0 Å². The third-order valence-corrected chi connectivity index (χ3v) is 3.25. The van der Waals surface area contributed by atoms with Crippen LogP contribution in [0.25, 0.3) is 0 Å². The standard InChI is InChI=1S/C11H13N5O3S/c17-10(18)8(3-7-4-12-6-15-7)16-11(19)14-5-9-13-1-2-20-9/h1-2,4,6,8H,3,5H2,(H,12,15)(H,17,18)(H2,14,16,19)/t8-/m0/s1. The van der Waals surface area contributed by atoms with E-state index >= 15 is 0 Å². The smallest absolute Gasteiger partial charge is 0.326 e. The number of amides is 2. The quantitative estimate of drug-likeness (QED) is 0.613. The van der Waals surface area contributed by atoms with Crippen molar-refractivity contribution in [1.82, 2.24) is 25.6 Å². The van der Waals surface area contributed by atoms with E-state index in [9.17, 15) is 9.59 Å². The fourth-order valence-electron chi connectivity index (χ4n) is 1.52. The number of imidazole rings is 1. The molecule has 2 heterocycles. The Morgan fingerprint density at radius 3 is 2.95 bits per heavy atom. The van der Waals surface area contributed by atoms with Crippen molar-refractivity contribution in [3.8, 4) is 0 Å². The van der Waals surface area contributed by atoms with Gasteiger partial charge in [0, 0.05) is 29.9 Å². The van der Waals surface area contributed by atoms with E-state index in [2.05, 4.69) is 25.6 Å². The lowest BCUT2D eigenvalue weighted by atomic mass is 10.2. The zero-order valence-electron chi connectivity index (χ0n) is 10.4. The van der Waals surface area contributed by atoms with Crippen LogP contribution < -0.4 is 10.6 Å². The second kappa shape index (κ2) is 6.66. The van der Waals surface area contributed by atoms with Gasteiger partial charge in [-0.15, -0.1) is 11.3 Å². The van der Waals surface area contributed by atoms with Crippen LogP contribution in [0.4, 0.5) is 4.79 Å². The summed E-state index contributed by atoms with van der Waals surface area (Å²) in [6.07, 6.45) is 4.75. The first-order valence-electron chi connectivity index (χ1n) is 5.78. The van der Waals surface area contributed by atoms with Crippen LogP contribution in [0.3, 0.4) is 0 Å². The van der Waals surface area contributed by atoms with Crippen molar-refractivity contribution in [3.63, 3.8) is 0 Å². The number of aromatic nitrogens is 3. The molecule has 0 bridgehead atoms. The number of carboxylic acid groups (broad SMARTS) is 1. The molecule has 2 rings (SSSR count). The number of aromatic amines is 1. The lowest BCUT2D eigenvalue weighted by molar-refractivity contribution is -0.139. The Bertz CT molecular complexity index is 555. The maximum absolute atomic E-state index is 11.6. The maximum Gasteiger partial charge on any atom is 0.326 e. The minimum absolute atomic E-state index is 0.139. The first-order valence-corrected chi connectivity index (χ1v) is 6.66. The van der Waals surface area contributed by atoms with Gasteiger partial charge in [0.1, 0.15) is 11.0 Å². The minimum atomic E-state index is -1.11. The van der Waals surface area contributed by atoms with E-state index in [0.29, 0.717) is 5.69 Å². The molecular formula is C11H13N5O3S. The van der Waals surface area contributed by atoms with Crippen molar-refractivity contribution in [3.05, 3.63) is 34.8 Å². The Labute approximate surface area is 118 Å². The summed E-state index contributed by atoms with van der Waals surface area (Å²) in [6, 6.07) is -1.57. The molecule has 0 radical (unpaired) electrons. The molecule has 0 aliphatic rings. The molecule has 9 heteroatoms. The number of aliphatic carboxylic acids is 1. The van der Waals surface area contributed by atoms with E-state index in [4.69, 9.17) is 5.11 Å². The number of hydrogen-bond acceptors (Lipinski definition) is 5. The summed E-state index contributed by atoms with van der Waals surface area (Å²) in [5.74, 6) is -1.11. The number of carbonyl (C=O) groups excluding carboxylic acids is 1. The molecule has 2 aromatic heterocycles. The summed E-state index contributed by atoms with van der Waals surface area (Å²) >= 11 is 1.41. The third-order valence-electron chi connectivity index (χ3n) is 2.47. The second-order valence-corrected chi connectivity index (χ2v) is 4.90. The van der Waals surface area contributed by atoms with Gasteiger partial charge >= 0.3 is 12.0 Å². The number of H-pyrrole nitrogens is 1. The fraction of sp³-hybridized carbons (Fsp3) is 0.273. The van der Waals surface area contributed by atoms with Crippen molar-refractivity contribution >= 4 is 23.3 Å². The Morgan fingerprint density at radius 2 is 2.35 bits per heavy atom. The highest BCUT2D eigenvalue weighted by molar-refractivity contribution is 7.09. The van der Waals surface area contributed by atoms with Gasteiger partial charge in [-0.2, -0.15) is 0 Å². The number of nitrogens with one attached hydrogen (secondary N) is 3. The summed E-state index contributed by atoms with van der Waals surface area (Å²) in [5.41, 5.74) is 0.637.